The summed E-state index contributed by atoms with van der Waals surface area (Å²) in [6.45, 7) is 4.77. The van der Waals surface area contributed by atoms with Gasteiger partial charge in [0.1, 0.15) is 41.9 Å². The molecule has 1 fully saturated rings. The van der Waals surface area contributed by atoms with Crippen LogP contribution in [-0.4, -0.2) is 58.8 Å². The molecule has 1 aliphatic carbocycles. The Labute approximate surface area is 339 Å². The minimum Gasteiger partial charge on any atom is -0.497 e. The van der Waals surface area contributed by atoms with Crippen molar-refractivity contribution in [2.24, 2.45) is 0 Å². The molecule has 2 aliphatic rings. The van der Waals surface area contributed by atoms with Crippen LogP contribution in [0, 0.1) is 0 Å². The van der Waals surface area contributed by atoms with Gasteiger partial charge in [-0.25, -0.2) is 9.78 Å². The first kappa shape index (κ1) is 38.7. The largest absolute Gasteiger partial charge is 0.497 e. The van der Waals surface area contributed by atoms with Crippen molar-refractivity contribution in [1.82, 2.24) is 14.1 Å². The Bertz CT molecular complexity index is 2570. The van der Waals surface area contributed by atoms with Crippen LogP contribution in [-0.2, 0) is 22.6 Å². The molecule has 0 radical (unpaired) electrons. The Morgan fingerprint density at radius 2 is 1.47 bits per heavy atom. The number of halogens is 1. The molecule has 2 aromatic heterocycles. The van der Waals surface area contributed by atoms with E-state index in [0.717, 1.165) is 33.6 Å². The van der Waals surface area contributed by atoms with Gasteiger partial charge >= 0.3 is 5.69 Å². The van der Waals surface area contributed by atoms with Crippen molar-refractivity contribution in [3.05, 3.63) is 170 Å². The summed E-state index contributed by atoms with van der Waals surface area (Å²) in [5.41, 5.74) is 2.25. The molecule has 0 spiro atoms. The van der Waals surface area contributed by atoms with Gasteiger partial charge in [-0.1, -0.05) is 60.1 Å². The molecule has 0 saturated carbocycles. The third-order valence-electron chi connectivity index (χ3n) is 10.3. The molecular formula is C45H41ClN4O8. The van der Waals surface area contributed by atoms with Crippen LogP contribution in [0.2, 0.25) is 5.02 Å². The lowest BCUT2D eigenvalue weighted by Crippen LogP contribution is -2.45. The highest BCUT2D eigenvalue weighted by atomic mass is 35.5. The predicted molar refractivity (Wildman–Crippen MR) is 220 cm³/mol. The van der Waals surface area contributed by atoms with Crippen molar-refractivity contribution in [3.63, 3.8) is 0 Å². The number of ether oxygens (including phenoxy) is 5. The van der Waals surface area contributed by atoms with Crippen LogP contribution < -0.4 is 30.4 Å². The van der Waals surface area contributed by atoms with Crippen molar-refractivity contribution >= 4 is 34.2 Å². The molecular weight excluding hydrogens is 760 g/mol. The van der Waals surface area contributed by atoms with E-state index in [0.29, 0.717) is 39.8 Å². The Kier molecular flexibility index (Phi) is 10.6. The van der Waals surface area contributed by atoms with E-state index >= 15 is 0 Å². The van der Waals surface area contributed by atoms with Crippen LogP contribution in [0.3, 0.4) is 0 Å². The smallest absolute Gasteiger partial charge is 0.338 e. The molecule has 1 saturated heterocycles. The molecule has 0 N–H and O–H groups in total. The minimum absolute atomic E-state index is 0.113. The third-order valence-corrected chi connectivity index (χ3v) is 10.5. The van der Waals surface area contributed by atoms with Crippen LogP contribution in [0.1, 0.15) is 41.4 Å². The summed E-state index contributed by atoms with van der Waals surface area (Å²) >= 11 is 6.96. The Hall–Kier alpha value is -6.21. The number of hydrogen-bond donors (Lipinski definition) is 0. The number of hydrogen-bond acceptors (Lipinski definition) is 10. The minimum atomic E-state index is -0.961. The summed E-state index contributed by atoms with van der Waals surface area (Å²) < 4.78 is 31.7. The Morgan fingerprint density at radius 3 is 2.10 bits per heavy atom. The average Bonchev–Trinajstić information content (AvgIpc) is 3.72. The monoisotopic (exact) mass is 800 g/mol. The molecule has 0 amide bonds. The van der Waals surface area contributed by atoms with Gasteiger partial charge in [0.2, 0.25) is 0 Å². The number of methoxy groups -OCH3 is 2. The number of anilines is 1. The maximum absolute atomic E-state index is 13.8. The normalized spacial score (nSPS) is 18.1. The van der Waals surface area contributed by atoms with Crippen LogP contribution >= 0.6 is 11.6 Å². The molecule has 1 aliphatic heterocycles. The van der Waals surface area contributed by atoms with Gasteiger partial charge in [-0.05, 0) is 85.1 Å². The first-order valence-electron chi connectivity index (χ1n) is 18.7. The van der Waals surface area contributed by atoms with Gasteiger partial charge in [0, 0.05) is 42.4 Å². The van der Waals surface area contributed by atoms with Crippen molar-refractivity contribution in [2.45, 2.75) is 51.0 Å². The fourth-order valence-corrected chi connectivity index (χ4v) is 7.70. The van der Waals surface area contributed by atoms with Gasteiger partial charge < -0.3 is 28.6 Å². The molecule has 6 aromatic rings. The number of aromatic nitrogens is 3. The van der Waals surface area contributed by atoms with Gasteiger partial charge in [-0.15, -0.1) is 0 Å². The first-order chi connectivity index (χ1) is 28.0. The highest BCUT2D eigenvalue weighted by Gasteiger charge is 2.51. The number of rotatable bonds is 12. The van der Waals surface area contributed by atoms with Crippen molar-refractivity contribution in [2.75, 3.05) is 25.7 Å². The average molecular weight is 801 g/mol. The van der Waals surface area contributed by atoms with E-state index in [1.807, 2.05) is 78.9 Å². The van der Waals surface area contributed by atoms with Crippen LogP contribution in [0.25, 0.3) is 10.9 Å². The zero-order valence-corrected chi connectivity index (χ0v) is 33.1. The van der Waals surface area contributed by atoms with Crippen molar-refractivity contribution in [1.29, 1.82) is 0 Å². The SMILES string of the molecule is COc1ccc(CN(Cc2ccc(OC)cc2)c2nc3cc(OCC4=CC(n5ccc(=O)n(C(=O)c6ccccc6)c5=O)C5OC(C)(C)OC45)ccc3cc2Cl)cc1. The van der Waals surface area contributed by atoms with E-state index in [1.165, 1.54) is 16.8 Å². The molecule has 3 atom stereocenters. The number of fused-ring (bicyclic) bond motifs is 2. The number of carbonyl (C=O) groups is 1. The number of nitrogens with zero attached hydrogens (tertiary/aromatic N) is 4. The van der Waals surface area contributed by atoms with Crippen molar-refractivity contribution < 1.29 is 28.5 Å². The van der Waals surface area contributed by atoms with Gasteiger partial charge in [0.25, 0.3) is 11.5 Å². The van der Waals surface area contributed by atoms with Gasteiger partial charge in [0.15, 0.2) is 5.79 Å². The summed E-state index contributed by atoms with van der Waals surface area (Å²) in [5.74, 6) is 1.03. The fourth-order valence-electron chi connectivity index (χ4n) is 7.42. The van der Waals surface area contributed by atoms with Gasteiger partial charge in [0.05, 0.1) is 30.8 Å². The molecule has 296 valence electrons. The predicted octanol–water partition coefficient (Wildman–Crippen LogP) is 7.20. The van der Waals surface area contributed by atoms with Gasteiger partial charge in [-0.2, -0.15) is 4.57 Å². The molecule has 58 heavy (non-hydrogen) atoms. The van der Waals surface area contributed by atoms with Crippen LogP contribution in [0.15, 0.2) is 137 Å². The number of carbonyl (C=O) groups excluding carboxylic acids is 1. The number of pyridine rings is 1. The second-order valence-electron chi connectivity index (χ2n) is 14.6. The van der Waals surface area contributed by atoms with Crippen molar-refractivity contribution in [3.8, 4) is 17.2 Å². The Morgan fingerprint density at radius 1 is 0.828 bits per heavy atom. The summed E-state index contributed by atoms with van der Waals surface area (Å²) in [6.07, 6.45) is 2.07. The van der Waals surface area contributed by atoms with E-state index in [2.05, 4.69) is 4.90 Å². The highest BCUT2D eigenvalue weighted by Crippen LogP contribution is 2.43. The lowest BCUT2D eigenvalue weighted by Gasteiger charge is -2.26. The molecule has 4 aromatic carbocycles. The molecule has 13 heteroatoms. The van der Waals surface area contributed by atoms with E-state index in [9.17, 15) is 14.4 Å². The maximum Gasteiger partial charge on any atom is 0.338 e. The zero-order valence-electron chi connectivity index (χ0n) is 32.3. The molecule has 0 bridgehead atoms. The lowest BCUT2D eigenvalue weighted by atomic mass is 10.1. The first-order valence-corrected chi connectivity index (χ1v) is 19.1. The van der Waals surface area contributed by atoms with Gasteiger partial charge in [-0.3, -0.25) is 14.2 Å². The van der Waals surface area contributed by atoms with E-state index in [4.69, 9.17) is 40.3 Å². The lowest BCUT2D eigenvalue weighted by molar-refractivity contribution is -0.148. The summed E-state index contributed by atoms with van der Waals surface area (Å²) in [7, 11) is 3.28. The quantitative estimate of drug-likeness (QED) is 0.117. The summed E-state index contributed by atoms with van der Waals surface area (Å²) in [5, 5.41) is 1.34. The number of benzene rings is 4. The van der Waals surface area contributed by atoms with Crippen LogP contribution in [0.5, 0.6) is 17.2 Å². The molecule has 12 nitrogen and oxygen atoms in total. The van der Waals surface area contributed by atoms with E-state index in [-0.39, 0.29) is 12.2 Å². The van der Waals surface area contributed by atoms with E-state index in [1.54, 1.807) is 58.4 Å². The molecule has 3 heterocycles. The Balaban J connectivity index is 1.08. The molecule has 3 unspecified atom stereocenters. The standard InChI is InChI=1S/C45H41ClN4O8/c1-45(2)57-40-32(23-38(41(40)58-45)49-21-20-39(51)50(44(49)53)43(52)30-8-6-5-7-9-30)27-56-35-19-14-31-22-36(46)42(47-37(31)24-35)48(25-28-10-15-33(54-3)16-11-28)26-29-12-17-34(55-4)18-13-29/h5-24,38,40-41H,25-27H2,1-4H3. The fraction of sp³-hybridized carbons (Fsp3) is 0.244. The zero-order chi connectivity index (χ0) is 40.6. The highest BCUT2D eigenvalue weighted by molar-refractivity contribution is 6.33. The van der Waals surface area contributed by atoms with Crippen LogP contribution in [0.4, 0.5) is 5.82 Å². The molecule has 8 rings (SSSR count). The summed E-state index contributed by atoms with van der Waals surface area (Å²) in [4.78, 5) is 47.2. The maximum atomic E-state index is 13.8. The summed E-state index contributed by atoms with van der Waals surface area (Å²) in [6, 6.07) is 32.0. The second-order valence-corrected chi connectivity index (χ2v) is 15.0. The second kappa shape index (κ2) is 16.0. The third kappa shape index (κ3) is 7.86. The topological polar surface area (TPSA) is 123 Å². The van der Waals surface area contributed by atoms with E-state index < -0.39 is 41.2 Å².